The number of rotatable bonds is 5. The summed E-state index contributed by atoms with van der Waals surface area (Å²) >= 11 is 0. The van der Waals surface area contributed by atoms with Crippen molar-refractivity contribution >= 4 is 27.6 Å². The van der Waals surface area contributed by atoms with Crippen LogP contribution in [0.15, 0.2) is 59.8 Å². The summed E-state index contributed by atoms with van der Waals surface area (Å²) in [5, 5.41) is 2.83. The monoisotopic (exact) mass is 358 g/mol. The number of benzene rings is 1. The van der Waals surface area contributed by atoms with E-state index >= 15 is 0 Å². The van der Waals surface area contributed by atoms with Gasteiger partial charge < -0.3 is 5.32 Å². The van der Waals surface area contributed by atoms with Crippen molar-refractivity contribution in [1.82, 2.24) is 9.97 Å². The first-order valence-corrected chi connectivity index (χ1v) is 9.39. The zero-order valence-electron chi connectivity index (χ0n) is 13.4. The standard InChI is InChI=1S/C17H18N4O3S/c22-16(13-5-2-1-3-6-13)20-14-7-9-15(10-8-14)25(23,24)21-17-18-11-4-12-19-17/h1-2,4,7-13H,3,5-6H2,(H,20,22)(H,18,19,21)/t13-/m0/s1. The van der Waals surface area contributed by atoms with Crippen LogP contribution in [0.2, 0.25) is 0 Å². The van der Waals surface area contributed by atoms with Gasteiger partial charge in [0.2, 0.25) is 11.9 Å². The van der Waals surface area contributed by atoms with Crippen molar-refractivity contribution < 1.29 is 13.2 Å². The van der Waals surface area contributed by atoms with Crippen LogP contribution in [0.5, 0.6) is 0 Å². The highest BCUT2D eigenvalue weighted by atomic mass is 32.2. The molecular weight excluding hydrogens is 340 g/mol. The van der Waals surface area contributed by atoms with Gasteiger partial charge in [0.15, 0.2) is 0 Å². The maximum absolute atomic E-state index is 12.3. The smallest absolute Gasteiger partial charge is 0.264 e. The van der Waals surface area contributed by atoms with Crippen LogP contribution in [0.4, 0.5) is 11.6 Å². The Morgan fingerprint density at radius 2 is 1.80 bits per heavy atom. The maximum atomic E-state index is 12.3. The number of carbonyl (C=O) groups is 1. The minimum atomic E-state index is -3.78. The van der Waals surface area contributed by atoms with Crippen molar-refractivity contribution in [2.45, 2.75) is 24.2 Å². The fraction of sp³-hybridized carbons (Fsp3) is 0.235. The van der Waals surface area contributed by atoms with E-state index in [9.17, 15) is 13.2 Å². The number of aromatic nitrogens is 2. The van der Waals surface area contributed by atoms with Gasteiger partial charge in [-0.25, -0.2) is 23.1 Å². The van der Waals surface area contributed by atoms with Crippen molar-refractivity contribution in [3.05, 3.63) is 54.9 Å². The van der Waals surface area contributed by atoms with E-state index in [2.05, 4.69) is 26.1 Å². The van der Waals surface area contributed by atoms with E-state index in [4.69, 9.17) is 0 Å². The van der Waals surface area contributed by atoms with Gasteiger partial charge in [-0.3, -0.25) is 4.79 Å². The highest BCUT2D eigenvalue weighted by Gasteiger charge is 2.19. The maximum Gasteiger partial charge on any atom is 0.264 e. The van der Waals surface area contributed by atoms with Crippen LogP contribution in [0, 0.1) is 5.92 Å². The van der Waals surface area contributed by atoms with E-state index in [0.29, 0.717) is 5.69 Å². The van der Waals surface area contributed by atoms with E-state index in [0.717, 1.165) is 19.3 Å². The summed E-state index contributed by atoms with van der Waals surface area (Å²) in [6.07, 6.45) is 9.46. The summed E-state index contributed by atoms with van der Waals surface area (Å²) in [5.41, 5.74) is 0.564. The van der Waals surface area contributed by atoms with Crippen LogP contribution in [0.3, 0.4) is 0 Å². The van der Waals surface area contributed by atoms with Crippen LogP contribution in [0.1, 0.15) is 19.3 Å². The molecule has 1 aliphatic rings. The van der Waals surface area contributed by atoms with E-state index < -0.39 is 10.0 Å². The number of hydrogen-bond acceptors (Lipinski definition) is 5. The van der Waals surface area contributed by atoms with Crippen LogP contribution in [-0.4, -0.2) is 24.3 Å². The van der Waals surface area contributed by atoms with Gasteiger partial charge in [-0.05, 0) is 49.6 Å². The lowest BCUT2D eigenvalue weighted by molar-refractivity contribution is -0.120. The third kappa shape index (κ3) is 4.42. The van der Waals surface area contributed by atoms with Crippen molar-refractivity contribution in [2.75, 3.05) is 10.0 Å². The molecule has 1 aromatic carbocycles. The predicted octanol–water partition coefficient (Wildman–Crippen LogP) is 2.57. The topological polar surface area (TPSA) is 101 Å². The molecule has 1 amide bonds. The lowest BCUT2D eigenvalue weighted by Gasteiger charge is -2.17. The number of anilines is 2. The summed E-state index contributed by atoms with van der Waals surface area (Å²) in [5.74, 6) is -0.0775. The number of amides is 1. The summed E-state index contributed by atoms with van der Waals surface area (Å²) in [6, 6.07) is 7.59. The molecule has 1 atom stereocenters. The molecule has 0 fully saturated rings. The Labute approximate surface area is 146 Å². The zero-order chi connectivity index (χ0) is 17.7. The van der Waals surface area contributed by atoms with Crippen molar-refractivity contribution in [2.24, 2.45) is 5.92 Å². The fourth-order valence-corrected chi connectivity index (χ4v) is 3.48. The Morgan fingerprint density at radius 1 is 1.08 bits per heavy atom. The summed E-state index contributed by atoms with van der Waals surface area (Å²) in [7, 11) is -3.78. The molecule has 1 heterocycles. The molecule has 7 nitrogen and oxygen atoms in total. The first-order valence-electron chi connectivity index (χ1n) is 7.90. The molecule has 0 saturated heterocycles. The van der Waals surface area contributed by atoms with Gasteiger partial charge in [0, 0.05) is 24.0 Å². The molecule has 130 valence electrons. The highest BCUT2D eigenvalue weighted by Crippen LogP contribution is 2.21. The van der Waals surface area contributed by atoms with Crippen molar-refractivity contribution in [3.63, 3.8) is 0 Å². The second-order valence-corrected chi connectivity index (χ2v) is 7.36. The second-order valence-electron chi connectivity index (χ2n) is 5.67. The van der Waals surface area contributed by atoms with Crippen LogP contribution < -0.4 is 10.0 Å². The van der Waals surface area contributed by atoms with E-state index in [1.165, 1.54) is 24.5 Å². The molecule has 2 N–H and O–H groups in total. The number of hydrogen-bond donors (Lipinski definition) is 2. The van der Waals surface area contributed by atoms with Gasteiger partial charge in [-0.2, -0.15) is 0 Å². The van der Waals surface area contributed by atoms with Crippen molar-refractivity contribution in [1.29, 1.82) is 0 Å². The number of allylic oxidation sites excluding steroid dienone is 2. The predicted molar refractivity (Wildman–Crippen MR) is 94.4 cm³/mol. The van der Waals surface area contributed by atoms with Crippen LogP contribution in [-0.2, 0) is 14.8 Å². The quantitative estimate of drug-likeness (QED) is 0.800. The van der Waals surface area contributed by atoms with Gasteiger partial charge in [0.05, 0.1) is 4.90 Å². The first kappa shape index (κ1) is 17.1. The summed E-state index contributed by atoms with van der Waals surface area (Å²) < 4.78 is 26.9. The molecule has 0 radical (unpaired) electrons. The number of carbonyl (C=O) groups excluding carboxylic acids is 1. The van der Waals surface area contributed by atoms with Gasteiger partial charge in [-0.1, -0.05) is 12.2 Å². The molecule has 3 rings (SSSR count). The Bertz CT molecular complexity index is 865. The van der Waals surface area contributed by atoms with Gasteiger partial charge in [0.25, 0.3) is 10.0 Å². The lowest BCUT2D eigenvalue weighted by atomic mass is 9.93. The van der Waals surface area contributed by atoms with Gasteiger partial charge >= 0.3 is 0 Å². The average Bonchev–Trinajstić information content (AvgIpc) is 2.63. The molecule has 8 heteroatoms. The highest BCUT2D eigenvalue weighted by molar-refractivity contribution is 7.92. The molecular formula is C17H18N4O3S. The summed E-state index contributed by atoms with van der Waals surface area (Å²) in [6.45, 7) is 0. The minimum absolute atomic E-state index is 0.00484. The molecule has 0 aliphatic heterocycles. The van der Waals surface area contributed by atoms with Crippen LogP contribution in [0.25, 0.3) is 0 Å². The Kier molecular flexibility index (Phi) is 5.08. The van der Waals surface area contributed by atoms with E-state index in [1.807, 2.05) is 6.08 Å². The molecule has 0 bridgehead atoms. The lowest BCUT2D eigenvalue weighted by Crippen LogP contribution is -2.23. The SMILES string of the molecule is O=C(Nc1ccc(S(=O)(=O)Nc2ncccn2)cc1)[C@H]1CC=CCC1. The Balaban J connectivity index is 1.67. The van der Waals surface area contributed by atoms with E-state index in [1.54, 1.807) is 18.2 Å². The van der Waals surface area contributed by atoms with Crippen molar-refractivity contribution in [3.8, 4) is 0 Å². The molecule has 0 unspecified atom stereocenters. The number of nitrogens with one attached hydrogen (secondary N) is 2. The third-order valence-electron chi connectivity index (χ3n) is 3.86. The molecule has 2 aromatic rings. The zero-order valence-corrected chi connectivity index (χ0v) is 14.2. The molecule has 25 heavy (non-hydrogen) atoms. The number of sulfonamides is 1. The Hall–Kier alpha value is -2.74. The summed E-state index contributed by atoms with van der Waals surface area (Å²) in [4.78, 5) is 19.9. The fourth-order valence-electron chi connectivity index (χ4n) is 2.52. The molecule has 1 aliphatic carbocycles. The van der Waals surface area contributed by atoms with Crippen LogP contribution >= 0.6 is 0 Å². The third-order valence-corrected chi connectivity index (χ3v) is 5.21. The number of nitrogens with zero attached hydrogens (tertiary/aromatic N) is 2. The Morgan fingerprint density at radius 3 is 2.44 bits per heavy atom. The molecule has 0 spiro atoms. The average molecular weight is 358 g/mol. The molecule has 0 saturated carbocycles. The van der Waals surface area contributed by atoms with Gasteiger partial charge in [0.1, 0.15) is 0 Å². The first-order chi connectivity index (χ1) is 12.0. The van der Waals surface area contributed by atoms with E-state index in [-0.39, 0.29) is 22.7 Å². The minimum Gasteiger partial charge on any atom is -0.326 e. The molecule has 1 aromatic heterocycles. The van der Waals surface area contributed by atoms with Gasteiger partial charge in [-0.15, -0.1) is 0 Å². The second kappa shape index (κ2) is 7.43. The largest absolute Gasteiger partial charge is 0.326 e. The normalized spacial score (nSPS) is 17.0.